The minimum Gasteiger partial charge on any atom is -0.345 e. The van der Waals surface area contributed by atoms with E-state index in [0.717, 1.165) is 20.4 Å². The van der Waals surface area contributed by atoms with Gasteiger partial charge in [-0.1, -0.05) is 31.2 Å². The van der Waals surface area contributed by atoms with Gasteiger partial charge in [-0.2, -0.15) is 0 Å². The maximum Gasteiger partial charge on any atom is 0.252 e. The number of hydrogen-bond acceptors (Lipinski definition) is 2. The first-order valence-electron chi connectivity index (χ1n) is 6.24. The lowest BCUT2D eigenvalue weighted by atomic mass is 10.0. The summed E-state index contributed by atoms with van der Waals surface area (Å²) in [4.78, 5) is 12.1. The van der Waals surface area contributed by atoms with Crippen molar-refractivity contribution in [3.05, 3.63) is 55.3 Å². The Bertz CT molecular complexity index is 562. The molecule has 19 heavy (non-hydrogen) atoms. The van der Waals surface area contributed by atoms with Gasteiger partial charge in [-0.15, -0.1) is 11.3 Å². The van der Waals surface area contributed by atoms with E-state index in [0.29, 0.717) is 0 Å². The maximum absolute atomic E-state index is 12.1. The largest absolute Gasteiger partial charge is 0.345 e. The molecule has 1 aromatic heterocycles. The molecule has 0 fully saturated rings. The minimum atomic E-state index is -0.00812. The lowest BCUT2D eigenvalue weighted by molar-refractivity contribution is 0.0940. The second-order valence-electron chi connectivity index (χ2n) is 4.43. The Morgan fingerprint density at radius 1 is 1.37 bits per heavy atom. The highest BCUT2D eigenvalue weighted by molar-refractivity contribution is 14.1. The van der Waals surface area contributed by atoms with E-state index in [4.69, 9.17) is 0 Å². The molecule has 1 heterocycles. The van der Waals surface area contributed by atoms with Crippen LogP contribution < -0.4 is 5.32 Å². The van der Waals surface area contributed by atoms with Gasteiger partial charge in [0.25, 0.3) is 5.91 Å². The van der Waals surface area contributed by atoms with E-state index >= 15 is 0 Å². The summed E-state index contributed by atoms with van der Waals surface area (Å²) in [5.74, 6) is -0.00812. The van der Waals surface area contributed by atoms with Crippen LogP contribution in [0.1, 0.15) is 41.4 Å². The molecule has 1 unspecified atom stereocenters. The monoisotopic (exact) mass is 385 g/mol. The standard InChI is InChI=1S/C15H16INOS/c1-3-11-4-6-12(7-5-11)10(2)17-15(18)13-8-14(16)19-9-13/h4-10H,3H2,1-2H3,(H,17,18). The molecule has 0 radical (unpaired) electrons. The first-order valence-corrected chi connectivity index (χ1v) is 8.19. The van der Waals surface area contributed by atoms with Gasteiger partial charge >= 0.3 is 0 Å². The molecular weight excluding hydrogens is 369 g/mol. The molecule has 1 aromatic carbocycles. The summed E-state index contributed by atoms with van der Waals surface area (Å²) >= 11 is 3.81. The van der Waals surface area contributed by atoms with Crippen molar-refractivity contribution in [2.24, 2.45) is 0 Å². The van der Waals surface area contributed by atoms with Crippen LogP contribution in [0.4, 0.5) is 0 Å². The highest BCUT2D eigenvalue weighted by Gasteiger charge is 2.12. The topological polar surface area (TPSA) is 29.1 Å². The first kappa shape index (κ1) is 14.5. The number of amides is 1. The summed E-state index contributed by atoms with van der Waals surface area (Å²) in [5.41, 5.74) is 3.19. The quantitative estimate of drug-likeness (QED) is 0.777. The van der Waals surface area contributed by atoms with E-state index < -0.39 is 0 Å². The number of rotatable bonds is 4. The predicted octanol–water partition coefficient (Wildman–Crippen LogP) is 4.41. The molecule has 4 heteroatoms. The van der Waals surface area contributed by atoms with Crippen molar-refractivity contribution in [2.45, 2.75) is 26.3 Å². The average Bonchev–Trinajstić information content (AvgIpc) is 2.85. The van der Waals surface area contributed by atoms with Crippen LogP contribution in [0.15, 0.2) is 35.7 Å². The Kier molecular flexibility index (Phi) is 4.99. The summed E-state index contributed by atoms with van der Waals surface area (Å²) < 4.78 is 1.13. The first-order chi connectivity index (χ1) is 9.10. The molecule has 100 valence electrons. The Labute approximate surface area is 131 Å². The van der Waals surface area contributed by atoms with Crippen LogP contribution in [0.25, 0.3) is 0 Å². The van der Waals surface area contributed by atoms with Crippen LogP contribution in [0.5, 0.6) is 0 Å². The molecule has 2 nitrogen and oxygen atoms in total. The third kappa shape index (κ3) is 3.79. The van der Waals surface area contributed by atoms with E-state index in [9.17, 15) is 4.79 Å². The van der Waals surface area contributed by atoms with Crippen LogP contribution in [0, 0.1) is 2.88 Å². The molecule has 0 spiro atoms. The molecule has 2 aromatic rings. The van der Waals surface area contributed by atoms with E-state index in [1.807, 2.05) is 18.4 Å². The van der Waals surface area contributed by atoms with E-state index in [1.54, 1.807) is 11.3 Å². The summed E-state index contributed by atoms with van der Waals surface area (Å²) in [5, 5.41) is 4.92. The zero-order valence-electron chi connectivity index (χ0n) is 10.9. The fraction of sp³-hybridized carbons (Fsp3) is 0.267. The molecule has 2 rings (SSSR count). The molecule has 0 aliphatic carbocycles. The van der Waals surface area contributed by atoms with E-state index in [-0.39, 0.29) is 11.9 Å². The summed E-state index contributed by atoms with van der Waals surface area (Å²) in [6.45, 7) is 4.15. The van der Waals surface area contributed by atoms with Crippen molar-refractivity contribution in [1.82, 2.24) is 5.32 Å². The predicted molar refractivity (Wildman–Crippen MR) is 88.7 cm³/mol. The molecule has 0 saturated heterocycles. The zero-order chi connectivity index (χ0) is 13.8. The molecule has 1 amide bonds. The third-order valence-electron chi connectivity index (χ3n) is 3.07. The van der Waals surface area contributed by atoms with Crippen molar-refractivity contribution in [1.29, 1.82) is 0 Å². The van der Waals surface area contributed by atoms with E-state index in [2.05, 4.69) is 59.1 Å². The van der Waals surface area contributed by atoms with Crippen molar-refractivity contribution < 1.29 is 4.79 Å². The van der Waals surface area contributed by atoms with Crippen molar-refractivity contribution in [3.63, 3.8) is 0 Å². The van der Waals surface area contributed by atoms with Gasteiger partial charge in [0.05, 0.1) is 14.5 Å². The number of hydrogen-bond donors (Lipinski definition) is 1. The lowest BCUT2D eigenvalue weighted by Gasteiger charge is -2.14. The SMILES string of the molecule is CCc1ccc(C(C)NC(=O)c2csc(I)c2)cc1. The van der Waals surface area contributed by atoms with Gasteiger partial charge in [0, 0.05) is 5.38 Å². The molecule has 0 saturated carbocycles. The van der Waals surface area contributed by atoms with Crippen molar-refractivity contribution in [2.75, 3.05) is 0 Å². The molecule has 0 aliphatic heterocycles. The number of carbonyl (C=O) groups is 1. The maximum atomic E-state index is 12.1. The average molecular weight is 385 g/mol. The Morgan fingerprint density at radius 3 is 2.58 bits per heavy atom. The van der Waals surface area contributed by atoms with Gasteiger partial charge in [-0.05, 0) is 53.1 Å². The Hall–Kier alpha value is -0.880. The van der Waals surface area contributed by atoms with Crippen LogP contribution in [-0.2, 0) is 6.42 Å². The summed E-state index contributed by atoms with van der Waals surface area (Å²) in [7, 11) is 0. The highest BCUT2D eigenvalue weighted by Crippen LogP contribution is 2.18. The van der Waals surface area contributed by atoms with Gasteiger partial charge in [0.15, 0.2) is 0 Å². The fourth-order valence-corrected chi connectivity index (χ4v) is 3.16. The van der Waals surface area contributed by atoms with Crippen LogP contribution in [0.2, 0.25) is 0 Å². The highest BCUT2D eigenvalue weighted by atomic mass is 127. The summed E-state index contributed by atoms with van der Waals surface area (Å²) in [6.07, 6.45) is 1.04. The second kappa shape index (κ2) is 6.52. The Morgan fingerprint density at radius 2 is 2.05 bits per heavy atom. The zero-order valence-corrected chi connectivity index (χ0v) is 13.9. The van der Waals surface area contributed by atoms with Gasteiger partial charge in [-0.3, -0.25) is 4.79 Å². The number of benzene rings is 1. The number of halogens is 1. The fourth-order valence-electron chi connectivity index (χ4n) is 1.83. The smallest absolute Gasteiger partial charge is 0.252 e. The summed E-state index contributed by atoms with van der Waals surface area (Å²) in [6, 6.07) is 10.3. The molecule has 1 atom stereocenters. The van der Waals surface area contributed by atoms with Gasteiger partial charge in [0.1, 0.15) is 0 Å². The number of aryl methyl sites for hydroxylation is 1. The molecule has 0 aliphatic rings. The molecule has 1 N–H and O–H groups in total. The number of nitrogens with one attached hydrogen (secondary N) is 1. The van der Waals surface area contributed by atoms with Gasteiger partial charge in [0.2, 0.25) is 0 Å². The van der Waals surface area contributed by atoms with Crippen molar-refractivity contribution >= 4 is 39.8 Å². The normalized spacial score (nSPS) is 12.2. The van der Waals surface area contributed by atoms with Gasteiger partial charge in [-0.25, -0.2) is 0 Å². The number of carbonyl (C=O) groups excluding carboxylic acids is 1. The minimum absolute atomic E-state index is 0.00812. The Balaban J connectivity index is 2.03. The molecule has 0 bridgehead atoms. The second-order valence-corrected chi connectivity index (χ2v) is 7.24. The van der Waals surface area contributed by atoms with Gasteiger partial charge < -0.3 is 5.32 Å². The third-order valence-corrected chi connectivity index (χ3v) is 4.85. The van der Waals surface area contributed by atoms with Crippen molar-refractivity contribution in [3.8, 4) is 0 Å². The number of thiophene rings is 1. The van der Waals surface area contributed by atoms with E-state index in [1.165, 1.54) is 5.56 Å². The van der Waals surface area contributed by atoms with Crippen LogP contribution in [0.3, 0.4) is 0 Å². The van der Waals surface area contributed by atoms with Crippen LogP contribution in [-0.4, -0.2) is 5.91 Å². The lowest BCUT2D eigenvalue weighted by Crippen LogP contribution is -2.26. The molecular formula is C15H16INOS. The van der Waals surface area contributed by atoms with Crippen LogP contribution >= 0.6 is 33.9 Å².